The number of nitrogens with zero attached hydrogens (tertiary/aromatic N) is 2. The molecule has 9 heteroatoms. The molecule has 98 valence electrons. The Balaban J connectivity index is 2.55. The van der Waals surface area contributed by atoms with Gasteiger partial charge >= 0.3 is 11.9 Å². The number of rotatable bonds is 6. The van der Waals surface area contributed by atoms with Gasteiger partial charge in [-0.05, 0) is 18.0 Å². The van der Waals surface area contributed by atoms with E-state index in [2.05, 4.69) is 19.6 Å². The summed E-state index contributed by atoms with van der Waals surface area (Å²) < 4.78 is 7.89. The first-order chi connectivity index (χ1) is 8.54. The Bertz CT molecular complexity index is 433. The molecule has 1 aromatic heterocycles. The number of amides is 1. The van der Waals surface area contributed by atoms with Crippen molar-refractivity contribution < 1.29 is 24.2 Å². The summed E-state index contributed by atoms with van der Waals surface area (Å²) in [6, 6.07) is -1.15. The number of hydrogen-bond acceptors (Lipinski definition) is 7. The summed E-state index contributed by atoms with van der Waals surface area (Å²) in [6.45, 7) is 0. The van der Waals surface area contributed by atoms with Crippen molar-refractivity contribution in [2.45, 2.75) is 18.9 Å². The van der Waals surface area contributed by atoms with Crippen molar-refractivity contribution in [1.82, 2.24) is 14.9 Å². The summed E-state index contributed by atoms with van der Waals surface area (Å²) in [5.41, 5.74) is 0. The summed E-state index contributed by atoms with van der Waals surface area (Å²) in [4.78, 5) is 33.6. The molecule has 0 radical (unpaired) electrons. The summed E-state index contributed by atoms with van der Waals surface area (Å²) in [6.07, 6.45) is 1.11. The molecule has 0 saturated carbocycles. The Morgan fingerprint density at radius 3 is 2.78 bits per heavy atom. The SMILES string of the molecule is COC(=O)CCC(NC(=O)c1cnns1)C(=O)O. The Labute approximate surface area is 106 Å². The Hall–Kier alpha value is -2.03. The molecular weight excluding hydrogens is 262 g/mol. The van der Waals surface area contributed by atoms with E-state index >= 15 is 0 Å². The van der Waals surface area contributed by atoms with Crippen LogP contribution in [0.4, 0.5) is 0 Å². The van der Waals surface area contributed by atoms with Crippen LogP contribution in [-0.4, -0.2) is 45.7 Å². The third-order valence-electron chi connectivity index (χ3n) is 2.05. The number of carbonyl (C=O) groups is 3. The molecule has 0 aliphatic rings. The zero-order chi connectivity index (χ0) is 13.5. The fourth-order valence-corrected chi connectivity index (χ4v) is 1.54. The number of aliphatic carboxylic acids is 1. The van der Waals surface area contributed by atoms with Crippen LogP contribution in [0.3, 0.4) is 0 Å². The second kappa shape index (κ2) is 6.64. The minimum atomic E-state index is -1.22. The molecule has 2 N–H and O–H groups in total. The van der Waals surface area contributed by atoms with Crippen LogP contribution < -0.4 is 5.32 Å². The predicted octanol–water partition coefficient (Wildman–Crippen LogP) is -0.326. The predicted molar refractivity (Wildman–Crippen MR) is 60.0 cm³/mol. The first-order valence-corrected chi connectivity index (χ1v) is 5.69. The fraction of sp³-hybridized carbons (Fsp3) is 0.444. The zero-order valence-electron chi connectivity index (χ0n) is 9.45. The van der Waals surface area contributed by atoms with Gasteiger partial charge in [-0.1, -0.05) is 4.49 Å². The Morgan fingerprint density at radius 1 is 1.56 bits per heavy atom. The van der Waals surface area contributed by atoms with Crippen molar-refractivity contribution in [2.24, 2.45) is 0 Å². The minimum Gasteiger partial charge on any atom is -0.480 e. The highest BCUT2D eigenvalue weighted by atomic mass is 32.1. The van der Waals surface area contributed by atoms with Gasteiger partial charge in [0.2, 0.25) is 0 Å². The molecule has 0 fully saturated rings. The maximum absolute atomic E-state index is 11.6. The lowest BCUT2D eigenvalue weighted by atomic mass is 10.1. The Morgan fingerprint density at radius 2 is 2.28 bits per heavy atom. The average molecular weight is 273 g/mol. The van der Waals surface area contributed by atoms with Crippen LogP contribution in [-0.2, 0) is 14.3 Å². The molecule has 1 heterocycles. The van der Waals surface area contributed by atoms with Gasteiger partial charge in [0, 0.05) is 6.42 Å². The van der Waals surface area contributed by atoms with E-state index in [0.29, 0.717) is 0 Å². The van der Waals surface area contributed by atoms with E-state index in [-0.39, 0.29) is 17.7 Å². The van der Waals surface area contributed by atoms with Gasteiger partial charge < -0.3 is 15.2 Å². The van der Waals surface area contributed by atoms with Crippen molar-refractivity contribution >= 4 is 29.4 Å². The number of carbonyl (C=O) groups excluding carboxylic acids is 2. The summed E-state index contributed by atoms with van der Waals surface area (Å²) in [5.74, 6) is -2.33. The third-order valence-corrected chi connectivity index (χ3v) is 2.72. The topological polar surface area (TPSA) is 118 Å². The van der Waals surface area contributed by atoms with E-state index in [1.165, 1.54) is 13.3 Å². The maximum atomic E-state index is 11.6. The molecule has 18 heavy (non-hydrogen) atoms. The van der Waals surface area contributed by atoms with E-state index in [1.807, 2.05) is 0 Å². The number of nitrogens with one attached hydrogen (secondary N) is 1. The Kier molecular flexibility index (Phi) is 5.18. The van der Waals surface area contributed by atoms with Crippen LogP contribution in [0.1, 0.15) is 22.5 Å². The lowest BCUT2D eigenvalue weighted by molar-refractivity contribution is -0.142. The monoisotopic (exact) mass is 273 g/mol. The molecule has 1 amide bonds. The van der Waals surface area contributed by atoms with Gasteiger partial charge in [0.15, 0.2) is 0 Å². The number of esters is 1. The van der Waals surface area contributed by atoms with Crippen LogP contribution in [0.2, 0.25) is 0 Å². The molecule has 0 spiro atoms. The van der Waals surface area contributed by atoms with Gasteiger partial charge in [0.05, 0.1) is 13.3 Å². The number of hydrogen-bond donors (Lipinski definition) is 2. The molecule has 1 atom stereocenters. The van der Waals surface area contributed by atoms with Gasteiger partial charge in [-0.15, -0.1) is 5.10 Å². The van der Waals surface area contributed by atoms with Gasteiger partial charge in [-0.3, -0.25) is 9.59 Å². The van der Waals surface area contributed by atoms with Crippen molar-refractivity contribution in [2.75, 3.05) is 7.11 Å². The van der Waals surface area contributed by atoms with Crippen LogP contribution in [0.15, 0.2) is 6.20 Å². The fourth-order valence-electron chi connectivity index (χ4n) is 1.12. The molecular formula is C9H11N3O5S. The highest BCUT2D eigenvalue weighted by Gasteiger charge is 2.22. The smallest absolute Gasteiger partial charge is 0.326 e. The first kappa shape index (κ1) is 14.0. The average Bonchev–Trinajstić information content (AvgIpc) is 2.87. The number of methoxy groups -OCH3 is 1. The number of carboxylic acid groups (broad SMARTS) is 1. The lowest BCUT2D eigenvalue weighted by Crippen LogP contribution is -2.40. The lowest BCUT2D eigenvalue weighted by Gasteiger charge is -2.12. The van der Waals surface area contributed by atoms with E-state index in [4.69, 9.17) is 5.11 Å². The van der Waals surface area contributed by atoms with Crippen LogP contribution in [0.25, 0.3) is 0 Å². The largest absolute Gasteiger partial charge is 0.480 e. The molecule has 8 nitrogen and oxygen atoms in total. The van der Waals surface area contributed by atoms with E-state index in [0.717, 1.165) is 11.5 Å². The summed E-state index contributed by atoms with van der Waals surface area (Å²) >= 11 is 0.856. The van der Waals surface area contributed by atoms with Crippen molar-refractivity contribution in [1.29, 1.82) is 0 Å². The highest BCUT2D eigenvalue weighted by molar-refractivity contribution is 7.07. The first-order valence-electron chi connectivity index (χ1n) is 4.92. The normalized spacial score (nSPS) is 11.6. The molecule has 0 aromatic carbocycles. The number of aromatic nitrogens is 2. The van der Waals surface area contributed by atoms with Crippen molar-refractivity contribution in [3.63, 3.8) is 0 Å². The van der Waals surface area contributed by atoms with Gasteiger partial charge in [0.25, 0.3) is 5.91 Å². The van der Waals surface area contributed by atoms with Gasteiger partial charge in [-0.25, -0.2) is 4.79 Å². The van der Waals surface area contributed by atoms with Crippen LogP contribution in [0, 0.1) is 0 Å². The van der Waals surface area contributed by atoms with E-state index in [9.17, 15) is 14.4 Å². The maximum Gasteiger partial charge on any atom is 0.326 e. The summed E-state index contributed by atoms with van der Waals surface area (Å²) in [5, 5.41) is 14.7. The van der Waals surface area contributed by atoms with Gasteiger partial charge in [0.1, 0.15) is 10.9 Å². The molecule has 1 aromatic rings. The van der Waals surface area contributed by atoms with Crippen LogP contribution in [0.5, 0.6) is 0 Å². The molecule has 0 bridgehead atoms. The van der Waals surface area contributed by atoms with Crippen molar-refractivity contribution in [3.05, 3.63) is 11.1 Å². The molecule has 1 rings (SSSR count). The molecule has 0 saturated heterocycles. The van der Waals surface area contributed by atoms with Gasteiger partial charge in [-0.2, -0.15) is 0 Å². The molecule has 0 aliphatic carbocycles. The second-order valence-corrected chi connectivity index (χ2v) is 4.05. The van der Waals surface area contributed by atoms with Crippen LogP contribution >= 0.6 is 11.5 Å². The number of ether oxygens (including phenoxy) is 1. The minimum absolute atomic E-state index is 0.0417. The van der Waals surface area contributed by atoms with E-state index in [1.54, 1.807) is 0 Å². The zero-order valence-corrected chi connectivity index (χ0v) is 10.3. The third kappa shape index (κ3) is 4.09. The summed E-state index contributed by atoms with van der Waals surface area (Å²) in [7, 11) is 1.21. The molecule has 1 unspecified atom stereocenters. The quantitative estimate of drug-likeness (QED) is 0.681. The standard InChI is InChI=1S/C9H11N3O5S/c1-17-7(13)3-2-5(9(15)16)11-8(14)6-4-10-12-18-6/h4-5H,2-3H2,1H3,(H,11,14)(H,15,16). The van der Waals surface area contributed by atoms with Crippen molar-refractivity contribution in [3.8, 4) is 0 Å². The van der Waals surface area contributed by atoms with E-state index < -0.39 is 23.9 Å². The molecule has 0 aliphatic heterocycles. The second-order valence-electron chi connectivity index (χ2n) is 3.26. The number of carboxylic acids is 1. The highest BCUT2D eigenvalue weighted by Crippen LogP contribution is 2.05.